The van der Waals surface area contributed by atoms with Crippen LogP contribution in [0.25, 0.3) is 0 Å². The van der Waals surface area contributed by atoms with Gasteiger partial charge in [0.25, 0.3) is 0 Å². The molecule has 0 amide bonds. The van der Waals surface area contributed by atoms with Gasteiger partial charge in [-0.25, -0.2) is 0 Å². The zero-order chi connectivity index (χ0) is 9.10. The normalized spacial score (nSPS) is 12.2. The Morgan fingerprint density at radius 2 is 2.31 bits per heavy atom. The van der Waals surface area contributed by atoms with Crippen LogP contribution in [0.4, 0.5) is 0 Å². The van der Waals surface area contributed by atoms with E-state index in [0.717, 1.165) is 10.6 Å². The smallest absolute Gasteiger partial charge is 0.120 e. The zero-order valence-electron chi connectivity index (χ0n) is 6.90. The second-order valence-electron chi connectivity index (χ2n) is 2.70. The molecule has 64 valence electrons. The van der Waals surface area contributed by atoms with Gasteiger partial charge in [0.1, 0.15) is 5.92 Å². The van der Waals surface area contributed by atoms with E-state index in [2.05, 4.69) is 11.1 Å². The highest BCUT2D eigenvalue weighted by molar-refractivity contribution is 7.10. The van der Waals surface area contributed by atoms with E-state index in [-0.39, 0.29) is 5.92 Å². The molecule has 0 saturated carbocycles. The van der Waals surface area contributed by atoms with Crippen molar-refractivity contribution in [2.45, 2.75) is 5.92 Å². The summed E-state index contributed by atoms with van der Waals surface area (Å²) >= 11 is 1.61. The third-order valence-electron chi connectivity index (χ3n) is 1.89. The Balaban J connectivity index is 2.36. The highest BCUT2D eigenvalue weighted by Crippen LogP contribution is 2.26. The second-order valence-corrected chi connectivity index (χ2v) is 3.68. The number of nitrogens with one attached hydrogen (secondary N) is 1. The minimum Gasteiger partial charge on any atom is -0.364 e. The molecule has 0 aliphatic heterocycles. The summed E-state index contributed by atoms with van der Waals surface area (Å²) in [4.78, 5) is 4.15. The van der Waals surface area contributed by atoms with E-state index in [4.69, 9.17) is 5.26 Å². The maximum atomic E-state index is 9.01. The molecule has 2 aromatic rings. The first kappa shape index (κ1) is 8.09. The Morgan fingerprint density at radius 3 is 2.85 bits per heavy atom. The van der Waals surface area contributed by atoms with E-state index in [1.165, 1.54) is 0 Å². The Kier molecular flexibility index (Phi) is 2.15. The Morgan fingerprint density at radius 1 is 1.38 bits per heavy atom. The van der Waals surface area contributed by atoms with Crippen molar-refractivity contribution in [3.63, 3.8) is 0 Å². The fourth-order valence-electron chi connectivity index (χ4n) is 1.27. The summed E-state index contributed by atoms with van der Waals surface area (Å²) in [5.41, 5.74) is 0.963. The van der Waals surface area contributed by atoms with Crippen LogP contribution in [0, 0.1) is 11.3 Å². The average molecular weight is 188 g/mol. The maximum Gasteiger partial charge on any atom is 0.120 e. The SMILES string of the molecule is N#C[C@@H](c1ccc[nH]1)c1cccs1. The van der Waals surface area contributed by atoms with Crippen LogP contribution in [0.1, 0.15) is 16.5 Å². The van der Waals surface area contributed by atoms with Gasteiger partial charge in [-0.1, -0.05) is 6.07 Å². The summed E-state index contributed by atoms with van der Waals surface area (Å²) in [5, 5.41) is 11.0. The predicted molar refractivity (Wildman–Crippen MR) is 52.6 cm³/mol. The molecule has 1 N–H and O–H groups in total. The largest absolute Gasteiger partial charge is 0.364 e. The molecule has 0 aromatic carbocycles. The van der Waals surface area contributed by atoms with Crippen molar-refractivity contribution < 1.29 is 0 Å². The molecule has 1 atom stereocenters. The molecular weight excluding hydrogens is 180 g/mol. The molecule has 0 aliphatic carbocycles. The van der Waals surface area contributed by atoms with Gasteiger partial charge in [0.2, 0.25) is 0 Å². The van der Waals surface area contributed by atoms with Crippen LogP contribution in [0.3, 0.4) is 0 Å². The first-order chi connectivity index (χ1) is 6.42. The van der Waals surface area contributed by atoms with Gasteiger partial charge in [-0.2, -0.15) is 5.26 Å². The number of H-pyrrole nitrogens is 1. The van der Waals surface area contributed by atoms with E-state index in [1.807, 2.05) is 35.8 Å². The fraction of sp³-hybridized carbons (Fsp3) is 0.100. The predicted octanol–water partition coefficient (Wildman–Crippen LogP) is 2.73. The molecule has 0 bridgehead atoms. The Labute approximate surface area is 80.5 Å². The molecule has 2 nitrogen and oxygen atoms in total. The van der Waals surface area contributed by atoms with Crippen LogP contribution in [0.2, 0.25) is 0 Å². The summed E-state index contributed by atoms with van der Waals surface area (Å²) in [6.45, 7) is 0. The molecule has 13 heavy (non-hydrogen) atoms. The van der Waals surface area contributed by atoms with Gasteiger partial charge >= 0.3 is 0 Å². The number of rotatable bonds is 2. The monoisotopic (exact) mass is 188 g/mol. The Bertz CT molecular complexity index is 360. The van der Waals surface area contributed by atoms with Crippen molar-refractivity contribution in [2.24, 2.45) is 0 Å². The van der Waals surface area contributed by atoms with Crippen molar-refractivity contribution in [3.05, 3.63) is 46.4 Å². The summed E-state index contributed by atoms with van der Waals surface area (Å²) in [6.07, 6.45) is 1.84. The first-order valence-corrected chi connectivity index (χ1v) is 4.86. The molecule has 0 spiro atoms. The minimum absolute atomic E-state index is 0.144. The molecule has 0 saturated heterocycles. The topological polar surface area (TPSA) is 39.6 Å². The number of nitriles is 1. The summed E-state index contributed by atoms with van der Waals surface area (Å²) in [5.74, 6) is -0.144. The summed E-state index contributed by atoms with van der Waals surface area (Å²) < 4.78 is 0. The molecule has 2 rings (SSSR count). The molecule has 0 fully saturated rings. The molecule has 2 heterocycles. The first-order valence-electron chi connectivity index (χ1n) is 3.98. The lowest BCUT2D eigenvalue weighted by atomic mass is 10.1. The van der Waals surface area contributed by atoms with Crippen molar-refractivity contribution in [1.29, 1.82) is 5.26 Å². The van der Waals surface area contributed by atoms with Crippen LogP contribution in [-0.2, 0) is 0 Å². The standard InChI is InChI=1S/C10H8N2S/c11-7-8(9-3-1-5-12-9)10-4-2-6-13-10/h1-6,8,12H/t8-/m0/s1. The molecular formula is C10H8N2S. The molecule has 2 aromatic heterocycles. The van der Waals surface area contributed by atoms with Gasteiger partial charge in [0.15, 0.2) is 0 Å². The number of aromatic nitrogens is 1. The van der Waals surface area contributed by atoms with E-state index in [1.54, 1.807) is 11.3 Å². The van der Waals surface area contributed by atoms with Crippen LogP contribution in [0.5, 0.6) is 0 Å². The van der Waals surface area contributed by atoms with Gasteiger partial charge in [0.05, 0.1) is 6.07 Å². The second kappa shape index (κ2) is 3.46. The lowest BCUT2D eigenvalue weighted by Crippen LogP contribution is -1.94. The molecule has 3 heteroatoms. The van der Waals surface area contributed by atoms with Crippen LogP contribution < -0.4 is 0 Å². The fourth-order valence-corrected chi connectivity index (χ4v) is 2.05. The van der Waals surface area contributed by atoms with Crippen molar-refractivity contribution >= 4 is 11.3 Å². The van der Waals surface area contributed by atoms with E-state index >= 15 is 0 Å². The number of thiophene rings is 1. The van der Waals surface area contributed by atoms with Gasteiger partial charge in [-0.3, -0.25) is 0 Å². The van der Waals surface area contributed by atoms with E-state index < -0.39 is 0 Å². The minimum atomic E-state index is -0.144. The summed E-state index contributed by atoms with van der Waals surface area (Å²) in [7, 11) is 0. The van der Waals surface area contributed by atoms with E-state index in [9.17, 15) is 0 Å². The van der Waals surface area contributed by atoms with Gasteiger partial charge in [0, 0.05) is 16.8 Å². The van der Waals surface area contributed by atoms with Crippen molar-refractivity contribution in [2.75, 3.05) is 0 Å². The Hall–Kier alpha value is -1.53. The van der Waals surface area contributed by atoms with Crippen molar-refractivity contribution in [3.8, 4) is 6.07 Å². The molecule has 0 aliphatic rings. The molecule has 0 radical (unpaired) electrons. The highest BCUT2D eigenvalue weighted by atomic mass is 32.1. The lowest BCUT2D eigenvalue weighted by Gasteiger charge is -2.02. The summed E-state index contributed by atoms with van der Waals surface area (Å²) in [6, 6.07) is 10.1. The van der Waals surface area contributed by atoms with Crippen LogP contribution in [-0.4, -0.2) is 4.98 Å². The third-order valence-corrected chi connectivity index (χ3v) is 2.83. The molecule has 0 unspecified atom stereocenters. The lowest BCUT2D eigenvalue weighted by molar-refractivity contribution is 1.01. The quantitative estimate of drug-likeness (QED) is 0.773. The average Bonchev–Trinajstić information content (AvgIpc) is 2.76. The van der Waals surface area contributed by atoms with Crippen LogP contribution in [0.15, 0.2) is 35.8 Å². The van der Waals surface area contributed by atoms with Gasteiger partial charge < -0.3 is 4.98 Å². The number of hydrogen-bond donors (Lipinski definition) is 1. The third kappa shape index (κ3) is 1.49. The zero-order valence-corrected chi connectivity index (χ0v) is 7.71. The van der Waals surface area contributed by atoms with Gasteiger partial charge in [-0.15, -0.1) is 11.3 Å². The number of hydrogen-bond acceptors (Lipinski definition) is 2. The van der Waals surface area contributed by atoms with Crippen LogP contribution >= 0.6 is 11.3 Å². The van der Waals surface area contributed by atoms with E-state index in [0.29, 0.717) is 0 Å². The van der Waals surface area contributed by atoms with Crippen molar-refractivity contribution in [1.82, 2.24) is 4.98 Å². The van der Waals surface area contributed by atoms with Gasteiger partial charge in [-0.05, 0) is 23.6 Å². The number of nitrogens with zero attached hydrogens (tertiary/aromatic N) is 1. The number of aromatic amines is 1. The maximum absolute atomic E-state index is 9.01. The highest BCUT2D eigenvalue weighted by Gasteiger charge is 2.14.